The molecule has 0 bridgehead atoms. The molecule has 0 aliphatic rings. The third-order valence-corrected chi connectivity index (χ3v) is 4.78. The van der Waals surface area contributed by atoms with Gasteiger partial charge in [-0.15, -0.1) is 0 Å². The molecule has 4 rings (SSSR count). The minimum atomic E-state index is 0.823. The lowest BCUT2D eigenvalue weighted by atomic mass is 9.93. The largest absolute Gasteiger partial charge is 0.496 e. The molecule has 130 valence electrons. The molecule has 0 radical (unpaired) electrons. The Morgan fingerprint density at radius 2 is 1.04 bits per heavy atom. The van der Waals surface area contributed by atoms with E-state index in [1.807, 2.05) is 30.3 Å². The fourth-order valence-corrected chi connectivity index (χ4v) is 3.62. The molecule has 0 unspecified atom stereocenters. The van der Waals surface area contributed by atoms with Gasteiger partial charge in [-0.25, -0.2) is 0 Å². The van der Waals surface area contributed by atoms with Gasteiger partial charge >= 0.3 is 0 Å². The molecule has 0 aromatic heterocycles. The van der Waals surface area contributed by atoms with Crippen molar-refractivity contribution in [3.63, 3.8) is 0 Å². The molecule has 0 N–H and O–H groups in total. The van der Waals surface area contributed by atoms with Crippen LogP contribution in [0.3, 0.4) is 0 Å². The van der Waals surface area contributed by atoms with Crippen LogP contribution >= 0.6 is 0 Å². The van der Waals surface area contributed by atoms with Crippen LogP contribution in [0, 0.1) is 0 Å². The van der Waals surface area contributed by atoms with E-state index in [2.05, 4.69) is 36.4 Å². The van der Waals surface area contributed by atoms with Crippen molar-refractivity contribution in [2.24, 2.45) is 0 Å². The molecule has 26 heavy (non-hydrogen) atoms. The number of fused-ring (bicyclic) bond motifs is 2. The fourth-order valence-electron chi connectivity index (χ4n) is 3.62. The Kier molecular flexibility index (Phi) is 4.13. The highest BCUT2D eigenvalue weighted by Crippen LogP contribution is 2.43. The topological polar surface area (TPSA) is 27.7 Å². The zero-order valence-electron chi connectivity index (χ0n) is 15.1. The van der Waals surface area contributed by atoms with Crippen molar-refractivity contribution in [3.8, 4) is 28.4 Å². The Morgan fingerprint density at radius 1 is 0.500 bits per heavy atom. The van der Waals surface area contributed by atoms with Crippen LogP contribution in [0.25, 0.3) is 32.7 Å². The molecular formula is C23H20O3. The first-order valence-electron chi connectivity index (χ1n) is 8.48. The van der Waals surface area contributed by atoms with E-state index < -0.39 is 0 Å². The second-order valence-electron chi connectivity index (χ2n) is 6.06. The Labute approximate surface area is 152 Å². The van der Waals surface area contributed by atoms with E-state index in [9.17, 15) is 0 Å². The molecule has 0 heterocycles. The van der Waals surface area contributed by atoms with Gasteiger partial charge < -0.3 is 14.2 Å². The molecular weight excluding hydrogens is 324 g/mol. The number of methoxy groups -OCH3 is 3. The molecule has 0 aliphatic carbocycles. The van der Waals surface area contributed by atoms with E-state index in [0.717, 1.165) is 49.9 Å². The van der Waals surface area contributed by atoms with Crippen LogP contribution in [0.5, 0.6) is 17.2 Å². The quantitative estimate of drug-likeness (QED) is 0.476. The smallest absolute Gasteiger partial charge is 0.127 e. The van der Waals surface area contributed by atoms with Crippen molar-refractivity contribution in [3.05, 3.63) is 66.7 Å². The number of hydrogen-bond donors (Lipinski definition) is 0. The summed E-state index contributed by atoms with van der Waals surface area (Å²) >= 11 is 0. The number of hydrogen-bond acceptors (Lipinski definition) is 3. The molecule has 4 aromatic carbocycles. The fraction of sp³-hybridized carbons (Fsp3) is 0.130. The van der Waals surface area contributed by atoms with Crippen LogP contribution in [-0.2, 0) is 0 Å². The van der Waals surface area contributed by atoms with Crippen molar-refractivity contribution < 1.29 is 14.2 Å². The predicted molar refractivity (Wildman–Crippen MR) is 107 cm³/mol. The second kappa shape index (κ2) is 6.60. The van der Waals surface area contributed by atoms with Gasteiger partial charge in [-0.3, -0.25) is 0 Å². The highest BCUT2D eigenvalue weighted by Gasteiger charge is 2.16. The van der Waals surface area contributed by atoms with E-state index in [0.29, 0.717) is 0 Å². The first-order chi connectivity index (χ1) is 12.8. The first-order valence-corrected chi connectivity index (χ1v) is 8.48. The summed E-state index contributed by atoms with van der Waals surface area (Å²) in [6, 6.07) is 22.5. The van der Waals surface area contributed by atoms with E-state index in [1.54, 1.807) is 21.3 Å². The minimum Gasteiger partial charge on any atom is -0.496 e. The van der Waals surface area contributed by atoms with E-state index in [4.69, 9.17) is 14.2 Å². The summed E-state index contributed by atoms with van der Waals surface area (Å²) in [6.07, 6.45) is 0. The van der Waals surface area contributed by atoms with Crippen LogP contribution in [-0.4, -0.2) is 21.3 Å². The first kappa shape index (κ1) is 16.3. The molecule has 0 atom stereocenters. The Morgan fingerprint density at radius 3 is 1.73 bits per heavy atom. The number of ether oxygens (including phenoxy) is 3. The summed E-state index contributed by atoms with van der Waals surface area (Å²) in [5.74, 6) is 2.51. The average molecular weight is 344 g/mol. The van der Waals surface area contributed by atoms with Crippen LogP contribution in [0.4, 0.5) is 0 Å². The SMILES string of the molecule is COc1ccc(OC)c2c(-c3cccc4cccc(OC)c34)cccc12. The summed E-state index contributed by atoms with van der Waals surface area (Å²) in [4.78, 5) is 0. The van der Waals surface area contributed by atoms with Crippen LogP contribution in [0.2, 0.25) is 0 Å². The molecule has 0 fully saturated rings. The maximum absolute atomic E-state index is 5.67. The maximum Gasteiger partial charge on any atom is 0.127 e. The Balaban J connectivity index is 2.15. The van der Waals surface area contributed by atoms with Gasteiger partial charge in [0.05, 0.1) is 21.3 Å². The lowest BCUT2D eigenvalue weighted by Crippen LogP contribution is -1.93. The monoisotopic (exact) mass is 344 g/mol. The maximum atomic E-state index is 5.67. The predicted octanol–water partition coefficient (Wildman–Crippen LogP) is 5.69. The molecule has 3 nitrogen and oxygen atoms in total. The number of benzene rings is 4. The molecule has 0 amide bonds. The summed E-state index contributed by atoms with van der Waals surface area (Å²) in [7, 11) is 5.09. The third-order valence-electron chi connectivity index (χ3n) is 4.78. The second-order valence-corrected chi connectivity index (χ2v) is 6.06. The highest BCUT2D eigenvalue weighted by molar-refractivity contribution is 6.10. The molecule has 0 saturated heterocycles. The average Bonchev–Trinajstić information content (AvgIpc) is 2.71. The van der Waals surface area contributed by atoms with E-state index in [1.165, 1.54) is 0 Å². The van der Waals surface area contributed by atoms with Crippen LogP contribution < -0.4 is 14.2 Å². The lowest BCUT2D eigenvalue weighted by molar-refractivity contribution is 0.410. The molecule has 0 saturated carbocycles. The van der Waals surface area contributed by atoms with E-state index >= 15 is 0 Å². The normalized spacial score (nSPS) is 10.9. The van der Waals surface area contributed by atoms with Gasteiger partial charge in [0.2, 0.25) is 0 Å². The minimum absolute atomic E-state index is 0.823. The zero-order chi connectivity index (χ0) is 18.1. The zero-order valence-corrected chi connectivity index (χ0v) is 15.1. The van der Waals surface area contributed by atoms with Gasteiger partial charge in [0.25, 0.3) is 0 Å². The van der Waals surface area contributed by atoms with Crippen molar-refractivity contribution in [2.45, 2.75) is 0 Å². The lowest BCUT2D eigenvalue weighted by Gasteiger charge is -2.16. The number of rotatable bonds is 4. The van der Waals surface area contributed by atoms with Gasteiger partial charge in [0, 0.05) is 16.2 Å². The summed E-state index contributed by atoms with van der Waals surface area (Å²) in [5, 5.41) is 4.29. The Hall–Kier alpha value is -3.20. The molecule has 0 spiro atoms. The Bertz CT molecular complexity index is 1090. The highest BCUT2D eigenvalue weighted by atomic mass is 16.5. The van der Waals surface area contributed by atoms with E-state index in [-0.39, 0.29) is 0 Å². The molecule has 0 aliphatic heterocycles. The van der Waals surface area contributed by atoms with Crippen molar-refractivity contribution >= 4 is 21.5 Å². The van der Waals surface area contributed by atoms with Gasteiger partial charge in [-0.1, -0.05) is 48.5 Å². The summed E-state index contributed by atoms with van der Waals surface area (Å²) < 4.78 is 16.9. The van der Waals surface area contributed by atoms with Gasteiger partial charge in [0.1, 0.15) is 17.2 Å². The van der Waals surface area contributed by atoms with Crippen molar-refractivity contribution in [2.75, 3.05) is 21.3 Å². The standard InChI is InChI=1S/C23H20O3/c1-24-19-13-14-21(26-3)23-17(10-6-11-18(19)23)16-9-4-7-15-8-5-12-20(25-2)22(15)16/h4-14H,1-3H3. The van der Waals surface area contributed by atoms with Crippen molar-refractivity contribution in [1.29, 1.82) is 0 Å². The van der Waals surface area contributed by atoms with Crippen LogP contribution in [0.15, 0.2) is 66.7 Å². The van der Waals surface area contributed by atoms with Gasteiger partial charge in [-0.2, -0.15) is 0 Å². The molecule has 4 aromatic rings. The van der Waals surface area contributed by atoms with Crippen LogP contribution in [0.1, 0.15) is 0 Å². The van der Waals surface area contributed by atoms with Gasteiger partial charge in [0.15, 0.2) is 0 Å². The molecule has 3 heteroatoms. The van der Waals surface area contributed by atoms with Crippen molar-refractivity contribution in [1.82, 2.24) is 0 Å². The summed E-state index contributed by atoms with van der Waals surface area (Å²) in [5.41, 5.74) is 2.20. The summed E-state index contributed by atoms with van der Waals surface area (Å²) in [6.45, 7) is 0. The van der Waals surface area contributed by atoms with Gasteiger partial charge in [-0.05, 0) is 34.7 Å². The third kappa shape index (κ3) is 2.44.